The summed E-state index contributed by atoms with van der Waals surface area (Å²) in [4.78, 5) is 11.7. The van der Waals surface area contributed by atoms with Gasteiger partial charge in [0.15, 0.2) is 0 Å². The summed E-state index contributed by atoms with van der Waals surface area (Å²) in [7, 11) is 0. The van der Waals surface area contributed by atoms with Crippen LogP contribution in [0, 0.1) is 11.3 Å². The average molecular weight is 196 g/mol. The predicted octanol–water partition coefficient (Wildman–Crippen LogP) is 2.95. The van der Waals surface area contributed by atoms with E-state index < -0.39 is 5.41 Å². The number of ether oxygens (including phenoxy) is 1. The van der Waals surface area contributed by atoms with Crippen LogP contribution < -0.4 is 0 Å². The van der Waals surface area contributed by atoms with Crippen molar-refractivity contribution in [2.24, 2.45) is 11.3 Å². The minimum atomic E-state index is -0.530. The molecule has 2 heteroatoms. The molecule has 0 saturated heterocycles. The summed E-state index contributed by atoms with van der Waals surface area (Å²) >= 11 is 0. The van der Waals surface area contributed by atoms with Gasteiger partial charge in [0.1, 0.15) is 6.61 Å². The van der Waals surface area contributed by atoms with Gasteiger partial charge in [0, 0.05) is 0 Å². The van der Waals surface area contributed by atoms with Crippen molar-refractivity contribution in [3.8, 4) is 0 Å². The van der Waals surface area contributed by atoms with Crippen molar-refractivity contribution >= 4 is 5.97 Å². The van der Waals surface area contributed by atoms with Crippen LogP contribution in [0.5, 0.6) is 0 Å². The Kier molecular flexibility index (Phi) is 5.21. The Morgan fingerprint density at radius 1 is 1.57 bits per heavy atom. The van der Waals surface area contributed by atoms with Crippen LogP contribution in [0.25, 0.3) is 0 Å². The van der Waals surface area contributed by atoms with Gasteiger partial charge >= 0.3 is 5.97 Å². The lowest BCUT2D eigenvalue weighted by Crippen LogP contribution is -2.33. The molecule has 80 valence electrons. The molecule has 0 aromatic rings. The van der Waals surface area contributed by atoms with E-state index in [-0.39, 0.29) is 18.5 Å². The number of carbonyl (C=O) groups is 1. The molecule has 1 atom stereocenters. The second-order valence-corrected chi connectivity index (χ2v) is 3.82. The number of carbonyl (C=O) groups excluding carboxylic acids is 1. The minimum absolute atomic E-state index is 0.189. The van der Waals surface area contributed by atoms with E-state index in [9.17, 15) is 4.79 Å². The number of rotatable bonds is 5. The number of hydrogen-bond donors (Lipinski definition) is 0. The van der Waals surface area contributed by atoms with E-state index >= 15 is 0 Å². The van der Waals surface area contributed by atoms with Gasteiger partial charge in [-0.25, -0.2) is 0 Å². The summed E-state index contributed by atoms with van der Waals surface area (Å²) in [6.07, 6.45) is 5.35. The summed E-state index contributed by atoms with van der Waals surface area (Å²) in [5, 5.41) is 0. The molecule has 0 aliphatic carbocycles. The fraction of sp³-hybridized carbons (Fsp3) is 0.583. The normalized spacial score (nSPS) is 15.5. The molecule has 0 N–H and O–H groups in total. The molecule has 0 aromatic heterocycles. The highest BCUT2D eigenvalue weighted by atomic mass is 16.5. The molecule has 0 fully saturated rings. The van der Waals surface area contributed by atoms with Crippen molar-refractivity contribution in [2.75, 3.05) is 6.61 Å². The largest absolute Gasteiger partial charge is 0.461 e. The van der Waals surface area contributed by atoms with Crippen molar-refractivity contribution in [2.45, 2.75) is 27.7 Å². The predicted molar refractivity (Wildman–Crippen MR) is 58.9 cm³/mol. The van der Waals surface area contributed by atoms with Crippen LogP contribution >= 0.6 is 0 Å². The summed E-state index contributed by atoms with van der Waals surface area (Å²) in [6, 6.07) is 0. The Balaban J connectivity index is 4.64. The zero-order chi connectivity index (χ0) is 11.2. The van der Waals surface area contributed by atoms with E-state index in [4.69, 9.17) is 4.74 Å². The summed E-state index contributed by atoms with van der Waals surface area (Å²) < 4.78 is 5.06. The SMILES string of the molecule is C=CCOC(=O)C(C)(/C=C\C)C(C)C. The fourth-order valence-corrected chi connectivity index (χ4v) is 1.13. The highest BCUT2D eigenvalue weighted by Gasteiger charge is 2.35. The second kappa shape index (κ2) is 5.63. The molecule has 2 nitrogen and oxygen atoms in total. The van der Waals surface area contributed by atoms with Gasteiger partial charge in [0.25, 0.3) is 0 Å². The molecule has 0 saturated carbocycles. The average Bonchev–Trinajstić information content (AvgIpc) is 2.14. The monoisotopic (exact) mass is 196 g/mol. The highest BCUT2D eigenvalue weighted by molar-refractivity contribution is 5.79. The first-order chi connectivity index (χ1) is 6.49. The van der Waals surface area contributed by atoms with E-state index in [0.717, 1.165) is 0 Å². The number of hydrogen-bond acceptors (Lipinski definition) is 2. The van der Waals surface area contributed by atoms with Crippen LogP contribution in [0.2, 0.25) is 0 Å². The molecule has 0 radical (unpaired) electrons. The van der Waals surface area contributed by atoms with Crippen LogP contribution in [0.3, 0.4) is 0 Å². The molecule has 0 heterocycles. The van der Waals surface area contributed by atoms with Crippen molar-refractivity contribution in [1.82, 2.24) is 0 Å². The van der Waals surface area contributed by atoms with Gasteiger partial charge in [0.05, 0.1) is 5.41 Å². The molecule has 0 bridgehead atoms. The Labute approximate surface area is 86.6 Å². The summed E-state index contributed by atoms with van der Waals surface area (Å²) in [5.74, 6) is 0.0292. The summed E-state index contributed by atoms with van der Waals surface area (Å²) in [6.45, 7) is 11.6. The molecule has 0 rings (SSSR count). The standard InChI is InChI=1S/C12H20O2/c1-6-8-12(5,10(3)4)11(13)14-9-7-2/h6-8,10H,2,9H2,1,3-5H3/b8-6-. The highest BCUT2D eigenvalue weighted by Crippen LogP contribution is 2.30. The van der Waals surface area contributed by atoms with Gasteiger partial charge in [-0.2, -0.15) is 0 Å². The van der Waals surface area contributed by atoms with Crippen LogP contribution in [-0.2, 0) is 9.53 Å². The van der Waals surface area contributed by atoms with Crippen molar-refractivity contribution in [1.29, 1.82) is 0 Å². The molecule has 1 unspecified atom stereocenters. The molecule has 0 spiro atoms. The summed E-state index contributed by atoms with van der Waals surface area (Å²) in [5.41, 5.74) is -0.530. The van der Waals surface area contributed by atoms with E-state index in [1.165, 1.54) is 0 Å². The first-order valence-corrected chi connectivity index (χ1v) is 4.91. The fourth-order valence-electron chi connectivity index (χ4n) is 1.13. The third-order valence-corrected chi connectivity index (χ3v) is 2.48. The quantitative estimate of drug-likeness (QED) is 0.499. The maximum absolute atomic E-state index is 11.7. The van der Waals surface area contributed by atoms with E-state index in [0.29, 0.717) is 0 Å². The number of esters is 1. The smallest absolute Gasteiger partial charge is 0.316 e. The Hall–Kier alpha value is -1.05. The lowest BCUT2D eigenvalue weighted by molar-refractivity contribution is -0.153. The van der Waals surface area contributed by atoms with Gasteiger partial charge in [-0.1, -0.05) is 38.7 Å². The van der Waals surface area contributed by atoms with Crippen LogP contribution in [0.15, 0.2) is 24.8 Å². The Morgan fingerprint density at radius 3 is 2.50 bits per heavy atom. The van der Waals surface area contributed by atoms with Crippen LogP contribution in [-0.4, -0.2) is 12.6 Å². The molecule has 0 aliphatic heterocycles. The third-order valence-electron chi connectivity index (χ3n) is 2.48. The molecular formula is C12H20O2. The van der Waals surface area contributed by atoms with Crippen molar-refractivity contribution in [3.63, 3.8) is 0 Å². The van der Waals surface area contributed by atoms with Gasteiger partial charge in [0.2, 0.25) is 0 Å². The van der Waals surface area contributed by atoms with Gasteiger partial charge < -0.3 is 4.74 Å². The van der Waals surface area contributed by atoms with Crippen molar-refractivity contribution in [3.05, 3.63) is 24.8 Å². The van der Waals surface area contributed by atoms with E-state index in [2.05, 4.69) is 6.58 Å². The maximum atomic E-state index is 11.7. The maximum Gasteiger partial charge on any atom is 0.316 e. The number of allylic oxidation sites excluding steroid dienone is 1. The van der Waals surface area contributed by atoms with Crippen LogP contribution in [0.1, 0.15) is 27.7 Å². The van der Waals surface area contributed by atoms with Gasteiger partial charge in [-0.15, -0.1) is 0 Å². The van der Waals surface area contributed by atoms with E-state index in [1.54, 1.807) is 6.08 Å². The molecule has 14 heavy (non-hydrogen) atoms. The second-order valence-electron chi connectivity index (χ2n) is 3.82. The van der Waals surface area contributed by atoms with Gasteiger partial charge in [-0.05, 0) is 19.8 Å². The molecule has 0 amide bonds. The van der Waals surface area contributed by atoms with Crippen molar-refractivity contribution < 1.29 is 9.53 Å². The zero-order valence-corrected chi connectivity index (χ0v) is 9.54. The molecule has 0 aromatic carbocycles. The third kappa shape index (κ3) is 3.02. The molecule has 0 aliphatic rings. The van der Waals surface area contributed by atoms with Crippen LogP contribution in [0.4, 0.5) is 0 Å². The zero-order valence-electron chi connectivity index (χ0n) is 9.54. The van der Waals surface area contributed by atoms with Gasteiger partial charge in [-0.3, -0.25) is 4.79 Å². The lowest BCUT2D eigenvalue weighted by Gasteiger charge is -2.27. The topological polar surface area (TPSA) is 26.3 Å². The first-order valence-electron chi connectivity index (χ1n) is 4.91. The Bertz CT molecular complexity index is 228. The lowest BCUT2D eigenvalue weighted by atomic mass is 9.79. The minimum Gasteiger partial charge on any atom is -0.461 e. The Morgan fingerprint density at radius 2 is 2.14 bits per heavy atom. The van der Waals surface area contributed by atoms with E-state index in [1.807, 2.05) is 39.8 Å². The first kappa shape index (κ1) is 12.9. The molecular weight excluding hydrogens is 176 g/mol.